The number of aromatic hydroxyl groups is 1. The highest BCUT2D eigenvalue weighted by Crippen LogP contribution is 2.31. The molecule has 0 saturated carbocycles. The summed E-state index contributed by atoms with van der Waals surface area (Å²) in [5.74, 6) is 2.85. The molecule has 12 nitrogen and oxygen atoms in total. The molecule has 0 spiro atoms. The Hall–Kier alpha value is -6.12. The number of terminal acetylenes is 1. The Morgan fingerprint density at radius 2 is 1.51 bits per heavy atom. The number of hydrogen-bond donors (Lipinski definition) is 3. The van der Waals surface area contributed by atoms with E-state index >= 15 is 0 Å². The minimum Gasteiger partial charge on any atom is -0.508 e. The summed E-state index contributed by atoms with van der Waals surface area (Å²) >= 11 is 4.59. The van der Waals surface area contributed by atoms with Crippen molar-refractivity contribution in [2.24, 2.45) is 0 Å². The second kappa shape index (κ2) is 16.9. The Morgan fingerprint density at radius 1 is 0.825 bits per heavy atom. The van der Waals surface area contributed by atoms with E-state index in [-0.39, 0.29) is 21.9 Å². The van der Waals surface area contributed by atoms with Gasteiger partial charge in [-0.25, -0.2) is 15.0 Å². The van der Waals surface area contributed by atoms with Crippen molar-refractivity contribution >= 4 is 91.8 Å². The van der Waals surface area contributed by atoms with E-state index in [1.54, 1.807) is 40.9 Å². The molecule has 0 saturated heterocycles. The van der Waals surface area contributed by atoms with Gasteiger partial charge in [0.25, 0.3) is 5.69 Å². The van der Waals surface area contributed by atoms with E-state index in [4.69, 9.17) is 16.3 Å². The van der Waals surface area contributed by atoms with Crippen molar-refractivity contribution in [3.63, 3.8) is 0 Å². The summed E-state index contributed by atoms with van der Waals surface area (Å²) in [4.78, 5) is 23.2. The van der Waals surface area contributed by atoms with Crippen LogP contribution < -0.4 is 15.2 Å². The number of nitrogens with two attached hydrogens (primary N) is 1. The van der Waals surface area contributed by atoms with Crippen molar-refractivity contribution in [1.82, 2.24) is 15.0 Å². The molecular formula is C41H36N6O6S4. The van der Waals surface area contributed by atoms with E-state index < -0.39 is 15.0 Å². The molecule has 0 atom stereocenters. The van der Waals surface area contributed by atoms with Crippen LogP contribution in [-0.2, 0) is 16.7 Å². The van der Waals surface area contributed by atoms with Gasteiger partial charge in [-0.3, -0.25) is 10.1 Å². The molecule has 0 radical (unpaired) electrons. The van der Waals surface area contributed by atoms with Gasteiger partial charge in [0.05, 0.1) is 45.6 Å². The Bertz CT molecular complexity index is 2950. The zero-order valence-electron chi connectivity index (χ0n) is 31.4. The molecule has 3 aromatic heterocycles. The summed E-state index contributed by atoms with van der Waals surface area (Å²) in [6.07, 6.45) is 5.30. The number of nitro benzene ring substituents is 1. The predicted molar refractivity (Wildman–Crippen MR) is 231 cm³/mol. The van der Waals surface area contributed by atoms with E-state index in [1.807, 2.05) is 39.0 Å². The summed E-state index contributed by atoms with van der Waals surface area (Å²) in [6, 6.07) is 23.9. The summed E-state index contributed by atoms with van der Waals surface area (Å²) in [7, 11) is -4.12. The quantitative estimate of drug-likeness (QED) is 0.0456. The van der Waals surface area contributed by atoms with Crippen molar-refractivity contribution in [2.45, 2.75) is 46.1 Å². The first-order chi connectivity index (χ1) is 27.1. The molecule has 290 valence electrons. The Morgan fingerprint density at radius 3 is 2.16 bits per heavy atom. The fraction of sp³-hybridized carbons (Fsp3) is 0.146. The number of aryl methyl sites for hydroxylation is 5. The van der Waals surface area contributed by atoms with Crippen LogP contribution in [0.3, 0.4) is 0 Å². The van der Waals surface area contributed by atoms with Crippen molar-refractivity contribution in [2.75, 3.05) is 11.1 Å². The summed E-state index contributed by atoms with van der Waals surface area (Å²) in [5, 5.41) is 26.2. The number of hydrogen-bond acceptors (Lipinski definition) is 14. The van der Waals surface area contributed by atoms with Crippen LogP contribution in [0.5, 0.6) is 11.5 Å². The van der Waals surface area contributed by atoms with Gasteiger partial charge in [-0.05, 0) is 118 Å². The lowest BCUT2D eigenvalue weighted by molar-refractivity contribution is -0.385. The molecule has 5 aromatic carbocycles. The molecule has 57 heavy (non-hydrogen) atoms. The number of fused-ring (bicyclic) bond motifs is 3. The number of rotatable bonds is 7. The molecule has 3 heterocycles. The van der Waals surface area contributed by atoms with Crippen LogP contribution in [0.15, 0.2) is 89.8 Å². The van der Waals surface area contributed by atoms with Crippen LogP contribution in [0.1, 0.15) is 37.3 Å². The molecule has 0 aliphatic heterocycles. The summed E-state index contributed by atoms with van der Waals surface area (Å²) in [5.41, 5.74) is 14.0. The summed E-state index contributed by atoms with van der Waals surface area (Å²) in [6.45, 7) is 10.3. The Balaban J connectivity index is 0.000000153. The van der Waals surface area contributed by atoms with Gasteiger partial charge in [-0.15, -0.1) is 40.4 Å². The van der Waals surface area contributed by atoms with Crippen LogP contribution in [0.4, 0.5) is 17.1 Å². The third-order valence-electron chi connectivity index (χ3n) is 8.36. The summed E-state index contributed by atoms with van der Waals surface area (Å²) < 4.78 is 32.9. The zero-order valence-corrected chi connectivity index (χ0v) is 34.6. The van der Waals surface area contributed by atoms with Crippen LogP contribution >= 0.6 is 34.0 Å². The van der Waals surface area contributed by atoms with Crippen molar-refractivity contribution in [3.05, 3.63) is 132 Å². The maximum Gasteiger partial charge on any atom is 0.339 e. The van der Waals surface area contributed by atoms with E-state index in [0.717, 1.165) is 61.4 Å². The maximum absolute atomic E-state index is 12.4. The van der Waals surface area contributed by atoms with Crippen LogP contribution in [0, 0.1) is 57.1 Å². The van der Waals surface area contributed by atoms with E-state index in [9.17, 15) is 23.6 Å². The zero-order chi connectivity index (χ0) is 41.0. The normalized spacial score (nSPS) is 11.0. The number of aromatic nitrogens is 3. The highest BCUT2D eigenvalue weighted by molar-refractivity contribution is 7.87. The molecular weight excluding hydrogens is 801 g/mol. The topological polar surface area (TPSA) is 183 Å². The minimum atomic E-state index is -4.12. The molecule has 16 heteroatoms. The number of phenols is 1. The molecule has 0 unspecified atom stereocenters. The number of nitrogens with zero attached hydrogens (tertiary/aromatic N) is 4. The third-order valence-corrected chi connectivity index (χ3v) is 12.4. The number of nitrogens with one attached hydrogen (secondary N) is 1. The third kappa shape index (κ3) is 9.83. The molecule has 0 amide bonds. The van der Waals surface area contributed by atoms with E-state index in [1.165, 1.54) is 52.3 Å². The first kappa shape index (κ1) is 40.5. The molecule has 0 bridgehead atoms. The Labute approximate surface area is 341 Å². The number of nitrogen functional groups attached to an aromatic ring is 1. The molecule has 4 N–H and O–H groups in total. The van der Waals surface area contributed by atoms with Gasteiger partial charge >= 0.3 is 10.1 Å². The Kier molecular flexibility index (Phi) is 12.0. The fourth-order valence-electron chi connectivity index (χ4n) is 5.79. The molecule has 8 aromatic rings. The van der Waals surface area contributed by atoms with Crippen molar-refractivity contribution in [3.8, 4) is 23.8 Å². The van der Waals surface area contributed by atoms with Gasteiger partial charge in [0.15, 0.2) is 5.01 Å². The van der Waals surface area contributed by atoms with Crippen molar-refractivity contribution in [1.29, 1.82) is 0 Å². The second-order valence-electron chi connectivity index (χ2n) is 12.8. The largest absolute Gasteiger partial charge is 0.508 e. The van der Waals surface area contributed by atoms with Gasteiger partial charge in [-0.2, -0.15) is 8.42 Å². The van der Waals surface area contributed by atoms with Crippen LogP contribution in [0.25, 0.3) is 30.6 Å². The highest BCUT2D eigenvalue weighted by Gasteiger charge is 2.21. The number of phenolic OH excluding ortho intramolecular Hbond substituents is 1. The minimum absolute atomic E-state index is 0.107. The molecule has 0 fully saturated rings. The molecule has 0 aliphatic rings. The molecule has 0 aliphatic carbocycles. The highest BCUT2D eigenvalue weighted by atomic mass is 32.2. The lowest BCUT2D eigenvalue weighted by Crippen LogP contribution is -2.10. The lowest BCUT2D eigenvalue weighted by atomic mass is 10.1. The number of nitro groups is 1. The van der Waals surface area contributed by atoms with E-state index in [2.05, 4.69) is 51.3 Å². The predicted octanol–water partition coefficient (Wildman–Crippen LogP) is 9.99. The lowest BCUT2D eigenvalue weighted by Gasteiger charge is -2.08. The van der Waals surface area contributed by atoms with Gasteiger partial charge in [0, 0.05) is 35.6 Å². The molecule has 8 rings (SSSR count). The number of anilines is 2. The smallest absolute Gasteiger partial charge is 0.339 e. The second-order valence-corrected chi connectivity index (χ2v) is 17.9. The standard InChI is InChI=1S/C16H17N3S.C16H10N2O5S2.C9H9NOS/c1-10-6-14(8-15-16(10)19-11(2)20-15)18-9-12-4-3-5-13(17)7-12;1-3-16-17-13-6-4-11(9-15(13)24-16)23-25(21,22)12-5-7-14(18(19)20)10(2)8-12;1-5-3-7(11)4-8-9(5)10-6(2)12-8/h3-8,18H,9,17H2,1-2H3;1,4-9H,2H3;3-4,11H,1-2H3. The fourth-order valence-corrected chi connectivity index (χ4v) is 9.48. The maximum atomic E-state index is 12.4. The van der Waals surface area contributed by atoms with Gasteiger partial charge < -0.3 is 20.3 Å². The number of benzene rings is 5. The SMILES string of the molecule is C#Cc1nc2ccc(OS(=O)(=O)c3ccc([N+](=O)[O-])c(C)c3)cc2s1.Cc1nc2c(C)cc(NCc3cccc(N)c3)cc2s1.Cc1nc2c(C)cc(O)cc2s1. The number of thiazole rings is 3. The average Bonchev–Trinajstić information content (AvgIpc) is 3.86. The van der Waals surface area contributed by atoms with Gasteiger partial charge in [-0.1, -0.05) is 12.1 Å². The van der Waals surface area contributed by atoms with Gasteiger partial charge in [0.2, 0.25) is 0 Å². The van der Waals surface area contributed by atoms with Gasteiger partial charge in [0.1, 0.15) is 16.4 Å². The first-order valence-corrected chi connectivity index (χ1v) is 21.0. The van der Waals surface area contributed by atoms with Crippen LogP contribution in [0.2, 0.25) is 0 Å². The first-order valence-electron chi connectivity index (χ1n) is 17.2. The average molecular weight is 837 g/mol. The van der Waals surface area contributed by atoms with Crippen molar-refractivity contribution < 1.29 is 22.6 Å². The van der Waals surface area contributed by atoms with E-state index in [0.29, 0.717) is 21.0 Å². The monoisotopic (exact) mass is 836 g/mol. The van der Waals surface area contributed by atoms with Crippen LogP contribution in [-0.4, -0.2) is 33.4 Å².